The first kappa shape index (κ1) is 22.4. The summed E-state index contributed by atoms with van der Waals surface area (Å²) < 4.78 is 5.17. The van der Waals surface area contributed by atoms with Gasteiger partial charge in [0.2, 0.25) is 5.91 Å². The van der Waals surface area contributed by atoms with Gasteiger partial charge >= 0.3 is 0 Å². The van der Waals surface area contributed by atoms with Crippen LogP contribution in [0.4, 0.5) is 0 Å². The molecule has 0 bridgehead atoms. The number of hydrogen-bond donors (Lipinski definition) is 1. The van der Waals surface area contributed by atoms with Crippen LogP contribution in [0.2, 0.25) is 0 Å². The van der Waals surface area contributed by atoms with Crippen molar-refractivity contribution in [1.29, 1.82) is 0 Å². The maximum Gasteiger partial charge on any atom is 0.241 e. The third-order valence-electron chi connectivity index (χ3n) is 3.63. The van der Waals surface area contributed by atoms with Crippen molar-refractivity contribution in [3.8, 4) is 0 Å². The lowest BCUT2D eigenvalue weighted by Gasteiger charge is -2.24. The lowest BCUT2D eigenvalue weighted by molar-refractivity contribution is -0.113. The van der Waals surface area contributed by atoms with Gasteiger partial charge in [0.25, 0.3) is 0 Å². The fourth-order valence-electron chi connectivity index (χ4n) is 1.96. The molecule has 0 aliphatic carbocycles. The SMILES string of the molecule is C.CCCC(C)(C)CC.NC(=O)/C=C/CN1CCOCC1. The number of hydrogen-bond acceptors (Lipinski definition) is 3. The molecule has 1 saturated heterocycles. The Morgan fingerprint density at radius 1 is 1.29 bits per heavy atom. The molecule has 0 aromatic rings. The number of primary amides is 1. The molecule has 4 nitrogen and oxygen atoms in total. The van der Waals surface area contributed by atoms with Crippen molar-refractivity contribution in [3.05, 3.63) is 12.2 Å². The Morgan fingerprint density at radius 3 is 2.24 bits per heavy atom. The number of ether oxygens (including phenoxy) is 1. The Hall–Kier alpha value is -0.870. The molecule has 0 radical (unpaired) electrons. The molecule has 0 aromatic heterocycles. The van der Waals surface area contributed by atoms with Gasteiger partial charge in [0.05, 0.1) is 13.2 Å². The lowest BCUT2D eigenvalue weighted by atomic mass is 9.86. The van der Waals surface area contributed by atoms with Crippen LogP contribution in [-0.2, 0) is 9.53 Å². The second kappa shape index (κ2) is 12.8. The lowest BCUT2D eigenvalue weighted by Crippen LogP contribution is -2.36. The molecule has 2 N–H and O–H groups in total. The standard InChI is InChI=1S/C8H14N2O2.C8H18.CH4/c9-8(11)2-1-3-10-4-6-12-7-5-10;1-5-7-8(3,4)6-2;/h1-2H,3-7H2,(H2,9,11);5-7H2,1-4H3;1H4/b2-1+;;. The normalized spacial score (nSPS) is 16.0. The highest BCUT2D eigenvalue weighted by Gasteiger charge is 2.11. The zero-order valence-corrected chi connectivity index (χ0v) is 13.7. The van der Waals surface area contributed by atoms with Gasteiger partial charge in [0, 0.05) is 19.6 Å². The number of nitrogens with zero attached hydrogens (tertiary/aromatic N) is 1. The van der Waals surface area contributed by atoms with Gasteiger partial charge in [-0.3, -0.25) is 9.69 Å². The first-order chi connectivity index (χ1) is 9.41. The number of morpholine rings is 1. The topological polar surface area (TPSA) is 55.6 Å². The van der Waals surface area contributed by atoms with Crippen LogP contribution < -0.4 is 5.73 Å². The molecule has 126 valence electrons. The summed E-state index contributed by atoms with van der Waals surface area (Å²) >= 11 is 0. The van der Waals surface area contributed by atoms with E-state index >= 15 is 0 Å². The summed E-state index contributed by atoms with van der Waals surface area (Å²) in [5, 5.41) is 0. The summed E-state index contributed by atoms with van der Waals surface area (Å²) in [6.45, 7) is 13.4. The number of carbonyl (C=O) groups is 1. The predicted molar refractivity (Wildman–Crippen MR) is 91.3 cm³/mol. The molecule has 0 spiro atoms. The second-order valence-electron chi connectivity index (χ2n) is 5.99. The maximum atomic E-state index is 10.3. The third kappa shape index (κ3) is 13.9. The maximum absolute atomic E-state index is 10.3. The summed E-state index contributed by atoms with van der Waals surface area (Å²) in [6.07, 6.45) is 7.17. The minimum Gasteiger partial charge on any atom is -0.379 e. The minimum atomic E-state index is -0.386. The van der Waals surface area contributed by atoms with Crippen LogP contribution >= 0.6 is 0 Å². The van der Waals surface area contributed by atoms with Crippen LogP contribution in [0, 0.1) is 5.41 Å². The number of rotatable bonds is 6. The zero-order valence-electron chi connectivity index (χ0n) is 13.7. The molecule has 0 aromatic carbocycles. The number of nitrogens with two attached hydrogens (primary N) is 1. The molecule has 1 aliphatic heterocycles. The molecule has 0 unspecified atom stereocenters. The van der Waals surface area contributed by atoms with Gasteiger partial charge in [-0.25, -0.2) is 0 Å². The van der Waals surface area contributed by atoms with E-state index in [1.165, 1.54) is 25.3 Å². The van der Waals surface area contributed by atoms with E-state index < -0.39 is 0 Å². The van der Waals surface area contributed by atoms with E-state index in [0.29, 0.717) is 5.41 Å². The van der Waals surface area contributed by atoms with E-state index in [9.17, 15) is 4.79 Å². The van der Waals surface area contributed by atoms with E-state index in [-0.39, 0.29) is 13.3 Å². The molecular formula is C17H36N2O2. The monoisotopic (exact) mass is 300 g/mol. The van der Waals surface area contributed by atoms with Crippen LogP contribution in [0.15, 0.2) is 12.2 Å². The van der Waals surface area contributed by atoms with Crippen molar-refractivity contribution in [2.45, 2.75) is 54.4 Å². The third-order valence-corrected chi connectivity index (χ3v) is 3.63. The van der Waals surface area contributed by atoms with Gasteiger partial charge in [-0.2, -0.15) is 0 Å². The van der Waals surface area contributed by atoms with Gasteiger partial charge in [-0.15, -0.1) is 0 Å². The van der Waals surface area contributed by atoms with Crippen LogP contribution in [0.1, 0.15) is 54.4 Å². The predicted octanol–water partition coefficient (Wildman–Crippen LogP) is 3.22. The van der Waals surface area contributed by atoms with E-state index in [2.05, 4.69) is 32.6 Å². The van der Waals surface area contributed by atoms with E-state index in [1.54, 1.807) is 6.08 Å². The van der Waals surface area contributed by atoms with Gasteiger partial charge in [-0.05, 0) is 17.9 Å². The van der Waals surface area contributed by atoms with Crippen LogP contribution in [0.25, 0.3) is 0 Å². The fraction of sp³-hybridized carbons (Fsp3) is 0.824. The van der Waals surface area contributed by atoms with Crippen LogP contribution in [0.3, 0.4) is 0 Å². The van der Waals surface area contributed by atoms with Crippen molar-refractivity contribution < 1.29 is 9.53 Å². The first-order valence-electron chi connectivity index (χ1n) is 7.67. The van der Waals surface area contributed by atoms with Crippen molar-refractivity contribution >= 4 is 5.91 Å². The second-order valence-corrected chi connectivity index (χ2v) is 5.99. The molecule has 1 rings (SSSR count). The van der Waals surface area contributed by atoms with Gasteiger partial charge < -0.3 is 10.5 Å². The van der Waals surface area contributed by atoms with Crippen molar-refractivity contribution in [1.82, 2.24) is 4.90 Å². The summed E-state index contributed by atoms with van der Waals surface area (Å²) in [6, 6.07) is 0. The molecule has 1 heterocycles. The summed E-state index contributed by atoms with van der Waals surface area (Å²) in [5.74, 6) is -0.386. The van der Waals surface area contributed by atoms with Crippen molar-refractivity contribution in [2.75, 3.05) is 32.8 Å². The van der Waals surface area contributed by atoms with Crippen LogP contribution in [0.5, 0.6) is 0 Å². The Bertz CT molecular complexity index is 283. The first-order valence-corrected chi connectivity index (χ1v) is 7.67. The number of carbonyl (C=O) groups excluding carboxylic acids is 1. The smallest absolute Gasteiger partial charge is 0.241 e. The average Bonchev–Trinajstić information content (AvgIpc) is 2.40. The molecule has 1 aliphatic rings. The zero-order chi connectivity index (χ0) is 15.4. The van der Waals surface area contributed by atoms with Gasteiger partial charge in [0.1, 0.15) is 0 Å². The average molecular weight is 300 g/mol. The summed E-state index contributed by atoms with van der Waals surface area (Å²) in [4.78, 5) is 12.5. The van der Waals surface area contributed by atoms with Crippen molar-refractivity contribution in [2.24, 2.45) is 11.1 Å². The molecule has 4 heteroatoms. The Balaban J connectivity index is 0. The van der Waals surface area contributed by atoms with E-state index in [0.717, 1.165) is 32.8 Å². The highest BCUT2D eigenvalue weighted by atomic mass is 16.5. The summed E-state index contributed by atoms with van der Waals surface area (Å²) in [7, 11) is 0. The largest absolute Gasteiger partial charge is 0.379 e. The quantitative estimate of drug-likeness (QED) is 0.766. The minimum absolute atomic E-state index is 0. The Morgan fingerprint density at radius 2 is 1.86 bits per heavy atom. The van der Waals surface area contributed by atoms with Gasteiger partial charge in [0.15, 0.2) is 0 Å². The Labute approximate surface area is 131 Å². The Kier molecular flexibility index (Phi) is 13.7. The fourth-order valence-corrected chi connectivity index (χ4v) is 1.96. The highest BCUT2D eigenvalue weighted by molar-refractivity contribution is 5.85. The van der Waals surface area contributed by atoms with E-state index in [4.69, 9.17) is 10.5 Å². The van der Waals surface area contributed by atoms with Crippen LogP contribution in [-0.4, -0.2) is 43.7 Å². The molecule has 1 fully saturated rings. The summed E-state index contributed by atoms with van der Waals surface area (Å²) in [5.41, 5.74) is 5.53. The molecule has 1 amide bonds. The molecule has 0 saturated carbocycles. The van der Waals surface area contributed by atoms with Crippen molar-refractivity contribution in [3.63, 3.8) is 0 Å². The van der Waals surface area contributed by atoms with Gasteiger partial charge in [-0.1, -0.05) is 54.0 Å². The number of amides is 1. The highest BCUT2D eigenvalue weighted by Crippen LogP contribution is 2.25. The molecule has 0 atom stereocenters. The molecule has 21 heavy (non-hydrogen) atoms. The van der Waals surface area contributed by atoms with E-state index in [1.807, 2.05) is 0 Å². The molecular weight excluding hydrogens is 264 g/mol.